The summed E-state index contributed by atoms with van der Waals surface area (Å²) < 4.78 is 0.770. The standard InChI is InChI=1S/C8H11BrN2O/c9-8-2-1-6(5-11-8)7(12)3-4-10/h1-2,5,7,12H,3-4,10H2. The Morgan fingerprint density at radius 2 is 2.33 bits per heavy atom. The molecule has 0 saturated carbocycles. The van der Waals surface area contributed by atoms with E-state index in [9.17, 15) is 5.11 Å². The summed E-state index contributed by atoms with van der Waals surface area (Å²) in [6, 6.07) is 3.63. The number of halogens is 1. The van der Waals surface area contributed by atoms with Crippen LogP contribution in [0.1, 0.15) is 18.1 Å². The monoisotopic (exact) mass is 230 g/mol. The van der Waals surface area contributed by atoms with Crippen LogP contribution in [0.5, 0.6) is 0 Å². The van der Waals surface area contributed by atoms with Crippen molar-refractivity contribution < 1.29 is 5.11 Å². The summed E-state index contributed by atoms with van der Waals surface area (Å²) in [6.07, 6.45) is 1.73. The Balaban J connectivity index is 2.68. The first-order valence-electron chi connectivity index (χ1n) is 3.73. The predicted octanol–water partition coefficient (Wildman–Crippen LogP) is 1.23. The molecule has 0 aliphatic rings. The van der Waals surface area contributed by atoms with Crippen molar-refractivity contribution in [3.63, 3.8) is 0 Å². The highest BCUT2D eigenvalue weighted by molar-refractivity contribution is 9.10. The van der Waals surface area contributed by atoms with Crippen LogP contribution in [0.15, 0.2) is 22.9 Å². The van der Waals surface area contributed by atoms with Crippen molar-refractivity contribution in [2.45, 2.75) is 12.5 Å². The predicted molar refractivity (Wildman–Crippen MR) is 50.6 cm³/mol. The van der Waals surface area contributed by atoms with Crippen molar-refractivity contribution in [2.24, 2.45) is 5.73 Å². The number of hydrogen-bond acceptors (Lipinski definition) is 3. The molecule has 0 amide bonds. The number of aliphatic hydroxyl groups is 1. The zero-order valence-corrected chi connectivity index (χ0v) is 8.16. The Kier molecular flexibility index (Phi) is 3.65. The van der Waals surface area contributed by atoms with E-state index in [0.29, 0.717) is 13.0 Å². The summed E-state index contributed by atoms with van der Waals surface area (Å²) in [4.78, 5) is 4.00. The van der Waals surface area contributed by atoms with Gasteiger partial charge in [0.1, 0.15) is 4.60 Å². The van der Waals surface area contributed by atoms with E-state index in [0.717, 1.165) is 10.2 Å². The van der Waals surface area contributed by atoms with Crippen molar-refractivity contribution in [3.8, 4) is 0 Å². The molecular formula is C8H11BrN2O. The molecule has 1 heterocycles. The average molecular weight is 231 g/mol. The van der Waals surface area contributed by atoms with Gasteiger partial charge >= 0.3 is 0 Å². The van der Waals surface area contributed by atoms with Crippen LogP contribution in [0.3, 0.4) is 0 Å². The van der Waals surface area contributed by atoms with Crippen molar-refractivity contribution in [3.05, 3.63) is 28.5 Å². The number of pyridine rings is 1. The van der Waals surface area contributed by atoms with Crippen LogP contribution in [0.4, 0.5) is 0 Å². The second kappa shape index (κ2) is 4.54. The zero-order valence-electron chi connectivity index (χ0n) is 6.57. The minimum Gasteiger partial charge on any atom is -0.388 e. The molecule has 0 fully saturated rings. The van der Waals surface area contributed by atoms with Crippen molar-refractivity contribution in [2.75, 3.05) is 6.54 Å². The number of aromatic nitrogens is 1. The van der Waals surface area contributed by atoms with E-state index in [2.05, 4.69) is 20.9 Å². The molecule has 0 bridgehead atoms. The number of hydrogen-bond donors (Lipinski definition) is 2. The number of aliphatic hydroxyl groups excluding tert-OH is 1. The van der Waals surface area contributed by atoms with Gasteiger partial charge in [-0.2, -0.15) is 0 Å². The minimum absolute atomic E-state index is 0.483. The van der Waals surface area contributed by atoms with Gasteiger partial charge in [0.25, 0.3) is 0 Å². The maximum atomic E-state index is 9.48. The second-order valence-corrected chi connectivity index (χ2v) is 3.32. The fourth-order valence-electron chi connectivity index (χ4n) is 0.909. The van der Waals surface area contributed by atoms with Gasteiger partial charge in [-0.15, -0.1) is 0 Å². The molecule has 1 unspecified atom stereocenters. The van der Waals surface area contributed by atoms with Gasteiger partial charge in [0.05, 0.1) is 6.10 Å². The highest BCUT2D eigenvalue weighted by Crippen LogP contribution is 2.16. The fourth-order valence-corrected chi connectivity index (χ4v) is 1.14. The zero-order chi connectivity index (χ0) is 8.97. The van der Waals surface area contributed by atoms with E-state index in [-0.39, 0.29) is 0 Å². The van der Waals surface area contributed by atoms with E-state index in [1.807, 2.05) is 6.07 Å². The van der Waals surface area contributed by atoms with Gasteiger partial charge in [0, 0.05) is 6.20 Å². The molecule has 4 heteroatoms. The van der Waals surface area contributed by atoms with Crippen molar-refractivity contribution >= 4 is 15.9 Å². The molecule has 66 valence electrons. The number of rotatable bonds is 3. The maximum absolute atomic E-state index is 9.48. The largest absolute Gasteiger partial charge is 0.388 e. The van der Waals surface area contributed by atoms with Gasteiger partial charge in [-0.3, -0.25) is 0 Å². The molecule has 0 spiro atoms. The quantitative estimate of drug-likeness (QED) is 0.769. The topological polar surface area (TPSA) is 59.1 Å². The average Bonchev–Trinajstić information content (AvgIpc) is 2.06. The third-order valence-electron chi connectivity index (χ3n) is 1.58. The lowest BCUT2D eigenvalue weighted by Gasteiger charge is -2.07. The lowest BCUT2D eigenvalue weighted by atomic mass is 10.1. The summed E-state index contributed by atoms with van der Waals surface area (Å²) >= 11 is 3.22. The number of nitrogens with zero attached hydrogens (tertiary/aromatic N) is 1. The summed E-state index contributed by atoms with van der Waals surface area (Å²) in [5, 5.41) is 9.48. The molecule has 0 radical (unpaired) electrons. The van der Waals surface area contributed by atoms with Crippen LogP contribution in [0, 0.1) is 0 Å². The molecule has 12 heavy (non-hydrogen) atoms. The molecule has 0 aromatic carbocycles. The van der Waals surface area contributed by atoms with Crippen LogP contribution < -0.4 is 5.73 Å². The summed E-state index contributed by atoms with van der Waals surface area (Å²) in [7, 11) is 0. The summed E-state index contributed by atoms with van der Waals surface area (Å²) in [6.45, 7) is 0.483. The first-order valence-corrected chi connectivity index (χ1v) is 4.53. The van der Waals surface area contributed by atoms with Gasteiger partial charge in [0.15, 0.2) is 0 Å². The molecule has 1 rings (SSSR count). The lowest BCUT2D eigenvalue weighted by molar-refractivity contribution is 0.170. The molecular weight excluding hydrogens is 220 g/mol. The van der Waals surface area contributed by atoms with E-state index in [4.69, 9.17) is 5.73 Å². The normalized spacial score (nSPS) is 12.9. The van der Waals surface area contributed by atoms with Crippen LogP contribution in [0.2, 0.25) is 0 Å². The maximum Gasteiger partial charge on any atom is 0.106 e. The smallest absolute Gasteiger partial charge is 0.106 e. The van der Waals surface area contributed by atoms with Crippen molar-refractivity contribution in [1.29, 1.82) is 0 Å². The molecule has 1 aromatic heterocycles. The molecule has 3 nitrogen and oxygen atoms in total. The Morgan fingerprint density at radius 1 is 1.58 bits per heavy atom. The highest BCUT2D eigenvalue weighted by Gasteiger charge is 2.05. The first-order chi connectivity index (χ1) is 5.74. The van der Waals surface area contributed by atoms with Crippen LogP contribution in [0.25, 0.3) is 0 Å². The van der Waals surface area contributed by atoms with E-state index in [1.54, 1.807) is 12.3 Å². The Bertz CT molecular complexity index is 237. The second-order valence-electron chi connectivity index (χ2n) is 2.51. The molecule has 1 aromatic rings. The van der Waals surface area contributed by atoms with Gasteiger partial charge in [0.2, 0.25) is 0 Å². The summed E-state index contributed by atoms with van der Waals surface area (Å²) in [5.41, 5.74) is 6.12. The van der Waals surface area contributed by atoms with Crippen LogP contribution >= 0.6 is 15.9 Å². The van der Waals surface area contributed by atoms with Gasteiger partial charge < -0.3 is 10.8 Å². The van der Waals surface area contributed by atoms with Gasteiger partial charge in [-0.25, -0.2) is 4.98 Å². The fraction of sp³-hybridized carbons (Fsp3) is 0.375. The molecule has 0 saturated heterocycles. The SMILES string of the molecule is NCCC(O)c1ccc(Br)nc1. The highest BCUT2D eigenvalue weighted by atomic mass is 79.9. The molecule has 0 aliphatic heterocycles. The molecule has 0 aliphatic carbocycles. The molecule has 1 atom stereocenters. The third kappa shape index (κ3) is 2.55. The minimum atomic E-state index is -0.490. The lowest BCUT2D eigenvalue weighted by Crippen LogP contribution is -2.06. The van der Waals surface area contributed by atoms with Crippen LogP contribution in [-0.4, -0.2) is 16.6 Å². The Hall–Kier alpha value is -0.450. The van der Waals surface area contributed by atoms with E-state index >= 15 is 0 Å². The van der Waals surface area contributed by atoms with Crippen LogP contribution in [-0.2, 0) is 0 Å². The van der Waals surface area contributed by atoms with Gasteiger partial charge in [-0.05, 0) is 40.5 Å². The van der Waals surface area contributed by atoms with E-state index < -0.39 is 6.10 Å². The Morgan fingerprint density at radius 3 is 2.83 bits per heavy atom. The summed E-state index contributed by atoms with van der Waals surface area (Å²) in [5.74, 6) is 0. The Labute approximate surface area is 79.7 Å². The van der Waals surface area contributed by atoms with E-state index in [1.165, 1.54) is 0 Å². The molecule has 3 N–H and O–H groups in total. The number of nitrogens with two attached hydrogens (primary N) is 1. The third-order valence-corrected chi connectivity index (χ3v) is 2.04. The first kappa shape index (κ1) is 9.64. The van der Waals surface area contributed by atoms with Gasteiger partial charge in [-0.1, -0.05) is 6.07 Å². The van der Waals surface area contributed by atoms with Crippen molar-refractivity contribution in [1.82, 2.24) is 4.98 Å².